The summed E-state index contributed by atoms with van der Waals surface area (Å²) >= 11 is 0. The summed E-state index contributed by atoms with van der Waals surface area (Å²) in [6.07, 6.45) is 5.64. The molecule has 0 amide bonds. The van der Waals surface area contributed by atoms with Crippen LogP contribution in [0, 0.1) is 24.2 Å². The number of rotatable bonds is 0. The lowest BCUT2D eigenvalue weighted by Crippen LogP contribution is -1.78. The summed E-state index contributed by atoms with van der Waals surface area (Å²) in [7, 11) is 0. The van der Waals surface area contributed by atoms with E-state index in [1.165, 1.54) is 0 Å². The molecule has 0 heterocycles. The van der Waals surface area contributed by atoms with Crippen LogP contribution in [0.15, 0.2) is 0 Å². The Bertz CT molecular complexity index is 230. The monoisotopic (exact) mass is 198 g/mol. The van der Waals surface area contributed by atoms with Gasteiger partial charge in [0.1, 0.15) is 0 Å². The Balaban J connectivity index is -0.000000135. The standard InChI is InChI=1S/C6H6.2C2H4O2/c1-3-5-6-4-2;2*1-2(3)4/h1H,4H2,2H3;2*1H3,(H,3,4). The molecule has 0 saturated heterocycles. The normalized spacial score (nSPS) is 5.57. The molecule has 0 bridgehead atoms. The van der Waals surface area contributed by atoms with Gasteiger partial charge in [0, 0.05) is 20.3 Å². The zero-order chi connectivity index (χ0) is 12.0. The van der Waals surface area contributed by atoms with Crippen LogP contribution < -0.4 is 0 Å². The number of terminal acetylenes is 1. The van der Waals surface area contributed by atoms with E-state index in [2.05, 4.69) is 17.8 Å². The molecule has 0 radical (unpaired) electrons. The Morgan fingerprint density at radius 3 is 1.57 bits per heavy atom. The van der Waals surface area contributed by atoms with Crippen molar-refractivity contribution in [3.63, 3.8) is 0 Å². The maximum atomic E-state index is 9.00. The van der Waals surface area contributed by atoms with E-state index in [0.717, 1.165) is 20.3 Å². The fraction of sp³-hybridized carbons (Fsp3) is 0.400. The van der Waals surface area contributed by atoms with Gasteiger partial charge >= 0.3 is 0 Å². The molecule has 0 aliphatic heterocycles. The van der Waals surface area contributed by atoms with Gasteiger partial charge in [-0.2, -0.15) is 0 Å². The number of carboxylic acid groups (broad SMARTS) is 2. The maximum Gasteiger partial charge on any atom is 0.300 e. The third-order valence-electron chi connectivity index (χ3n) is 0.337. The van der Waals surface area contributed by atoms with Gasteiger partial charge in [0.25, 0.3) is 11.9 Å². The third kappa shape index (κ3) is 735. The summed E-state index contributed by atoms with van der Waals surface area (Å²) in [5.74, 6) is 5.73. The number of hydrogen-bond donors (Lipinski definition) is 2. The molecule has 0 saturated carbocycles. The van der Waals surface area contributed by atoms with Gasteiger partial charge in [-0.05, 0) is 11.8 Å². The molecular formula is C10H14O4. The molecule has 0 rings (SSSR count). The van der Waals surface area contributed by atoms with Crippen molar-refractivity contribution >= 4 is 11.9 Å². The van der Waals surface area contributed by atoms with E-state index in [9.17, 15) is 0 Å². The molecule has 0 fully saturated rings. The molecule has 0 spiro atoms. The zero-order valence-electron chi connectivity index (χ0n) is 8.50. The lowest BCUT2D eigenvalue weighted by molar-refractivity contribution is -0.135. The quantitative estimate of drug-likeness (QED) is 0.574. The predicted octanol–water partition coefficient (Wildman–Crippen LogP) is 1.21. The molecule has 4 nitrogen and oxygen atoms in total. The second-order valence-electron chi connectivity index (χ2n) is 1.84. The smallest absolute Gasteiger partial charge is 0.300 e. The van der Waals surface area contributed by atoms with Gasteiger partial charge in [-0.3, -0.25) is 9.59 Å². The molecule has 0 atom stereocenters. The highest BCUT2D eigenvalue weighted by atomic mass is 16.4. The second kappa shape index (κ2) is 17.2. The SMILES string of the molecule is C#CC#CCC.CC(=O)O.CC(=O)O. The molecule has 0 aromatic carbocycles. The van der Waals surface area contributed by atoms with E-state index in [-0.39, 0.29) is 0 Å². The van der Waals surface area contributed by atoms with Crippen LogP contribution in [-0.2, 0) is 9.59 Å². The molecule has 0 aromatic heterocycles. The summed E-state index contributed by atoms with van der Waals surface area (Å²) in [5, 5.41) is 14.8. The largest absolute Gasteiger partial charge is 0.481 e. The van der Waals surface area contributed by atoms with Crippen LogP contribution in [0.4, 0.5) is 0 Å². The molecule has 14 heavy (non-hydrogen) atoms. The fourth-order valence-electron chi connectivity index (χ4n) is 0.139. The van der Waals surface area contributed by atoms with Gasteiger partial charge in [0.2, 0.25) is 0 Å². The number of carboxylic acids is 2. The van der Waals surface area contributed by atoms with Crippen molar-refractivity contribution in [3.05, 3.63) is 0 Å². The van der Waals surface area contributed by atoms with Crippen molar-refractivity contribution < 1.29 is 19.8 Å². The topological polar surface area (TPSA) is 74.6 Å². The van der Waals surface area contributed by atoms with E-state index in [4.69, 9.17) is 26.2 Å². The first-order valence-electron chi connectivity index (χ1n) is 3.70. The molecule has 0 aliphatic rings. The number of aliphatic carboxylic acids is 2. The highest BCUT2D eigenvalue weighted by Gasteiger charge is 1.65. The van der Waals surface area contributed by atoms with Crippen LogP contribution in [0.25, 0.3) is 0 Å². The summed E-state index contributed by atoms with van der Waals surface area (Å²) in [6, 6.07) is 0. The first kappa shape index (κ1) is 18.0. The Labute approximate surface area is 83.9 Å². The minimum atomic E-state index is -0.833. The third-order valence-corrected chi connectivity index (χ3v) is 0.337. The Hall–Kier alpha value is -1.94. The van der Waals surface area contributed by atoms with Crippen LogP contribution in [-0.4, -0.2) is 22.2 Å². The van der Waals surface area contributed by atoms with Crippen LogP contribution >= 0.6 is 0 Å². The van der Waals surface area contributed by atoms with Crippen LogP contribution in [0.3, 0.4) is 0 Å². The van der Waals surface area contributed by atoms with E-state index >= 15 is 0 Å². The van der Waals surface area contributed by atoms with Crippen molar-refractivity contribution in [2.24, 2.45) is 0 Å². The van der Waals surface area contributed by atoms with Crippen LogP contribution in [0.5, 0.6) is 0 Å². The molecule has 0 aromatic rings. The first-order chi connectivity index (χ1) is 6.38. The molecule has 0 aliphatic carbocycles. The lowest BCUT2D eigenvalue weighted by atomic mass is 10.5. The van der Waals surface area contributed by atoms with Gasteiger partial charge in [0.15, 0.2) is 0 Å². The highest BCUT2D eigenvalue weighted by Crippen LogP contribution is 1.62. The van der Waals surface area contributed by atoms with Gasteiger partial charge in [-0.25, -0.2) is 0 Å². The van der Waals surface area contributed by atoms with Gasteiger partial charge in [0.05, 0.1) is 0 Å². The van der Waals surface area contributed by atoms with E-state index < -0.39 is 11.9 Å². The highest BCUT2D eigenvalue weighted by molar-refractivity contribution is 5.63. The van der Waals surface area contributed by atoms with Crippen LogP contribution in [0.2, 0.25) is 0 Å². The summed E-state index contributed by atoms with van der Waals surface area (Å²) in [5.41, 5.74) is 0. The summed E-state index contributed by atoms with van der Waals surface area (Å²) in [4.78, 5) is 18.0. The average molecular weight is 198 g/mol. The van der Waals surface area contributed by atoms with Crippen molar-refractivity contribution in [2.75, 3.05) is 0 Å². The van der Waals surface area contributed by atoms with Crippen molar-refractivity contribution in [1.82, 2.24) is 0 Å². The first-order valence-corrected chi connectivity index (χ1v) is 3.70. The predicted molar refractivity (Wildman–Crippen MR) is 53.5 cm³/mol. The minimum absolute atomic E-state index is 0.833. The molecule has 4 heteroatoms. The maximum absolute atomic E-state index is 9.00. The molecule has 2 N–H and O–H groups in total. The second-order valence-corrected chi connectivity index (χ2v) is 1.84. The fourth-order valence-corrected chi connectivity index (χ4v) is 0.139. The van der Waals surface area contributed by atoms with E-state index in [1.54, 1.807) is 0 Å². The Kier molecular flexibility index (Phi) is 22.1. The Morgan fingerprint density at radius 1 is 1.21 bits per heavy atom. The summed E-state index contributed by atoms with van der Waals surface area (Å²) < 4.78 is 0. The van der Waals surface area contributed by atoms with Crippen molar-refractivity contribution in [2.45, 2.75) is 27.2 Å². The van der Waals surface area contributed by atoms with Gasteiger partial charge in [-0.1, -0.05) is 12.8 Å². The van der Waals surface area contributed by atoms with Crippen molar-refractivity contribution in [1.29, 1.82) is 0 Å². The zero-order valence-corrected chi connectivity index (χ0v) is 8.50. The minimum Gasteiger partial charge on any atom is -0.481 e. The average Bonchev–Trinajstić information content (AvgIpc) is 1.98. The lowest BCUT2D eigenvalue weighted by Gasteiger charge is -1.59. The number of carbonyl (C=O) groups is 2. The van der Waals surface area contributed by atoms with E-state index in [0.29, 0.717) is 0 Å². The van der Waals surface area contributed by atoms with Crippen LogP contribution in [0.1, 0.15) is 27.2 Å². The molecular weight excluding hydrogens is 184 g/mol. The number of hydrogen-bond acceptors (Lipinski definition) is 2. The molecule has 0 unspecified atom stereocenters. The van der Waals surface area contributed by atoms with Crippen molar-refractivity contribution in [3.8, 4) is 24.2 Å². The van der Waals surface area contributed by atoms with E-state index in [1.807, 2.05) is 6.92 Å². The van der Waals surface area contributed by atoms with Gasteiger partial charge in [-0.15, -0.1) is 6.42 Å². The molecule has 78 valence electrons. The van der Waals surface area contributed by atoms with Gasteiger partial charge < -0.3 is 10.2 Å². The Morgan fingerprint density at radius 2 is 1.50 bits per heavy atom. The summed E-state index contributed by atoms with van der Waals surface area (Å²) in [6.45, 7) is 4.13.